The molecule has 0 aliphatic rings. The second-order valence-corrected chi connectivity index (χ2v) is 6.85. The Hall–Kier alpha value is -2.01. The van der Waals surface area contributed by atoms with E-state index in [1.807, 2.05) is 42.5 Å². The molecule has 104 valence electrons. The Bertz CT molecular complexity index is 697. The van der Waals surface area contributed by atoms with Crippen LogP contribution in [0.25, 0.3) is 0 Å². The summed E-state index contributed by atoms with van der Waals surface area (Å²) in [7, 11) is -3.13. The lowest BCUT2D eigenvalue weighted by Crippen LogP contribution is -2.07. The summed E-state index contributed by atoms with van der Waals surface area (Å²) in [5, 5.41) is 3.67. The van der Waals surface area contributed by atoms with Crippen LogP contribution in [0.1, 0.15) is 22.7 Å². The second-order valence-electron chi connectivity index (χ2n) is 4.71. The largest absolute Gasteiger partial charge is 0.229 e. The Balaban J connectivity index is 2.48. The molecule has 0 fully saturated rings. The van der Waals surface area contributed by atoms with Crippen molar-refractivity contribution in [3.63, 3.8) is 0 Å². The number of hydrogen-bond donors (Lipinski definition) is 1. The van der Waals surface area contributed by atoms with Crippen molar-refractivity contribution in [3.8, 4) is 0 Å². The van der Waals surface area contributed by atoms with E-state index >= 15 is 0 Å². The van der Waals surface area contributed by atoms with Gasteiger partial charge in [-0.2, -0.15) is 5.11 Å². The fraction of sp³-hybridized carbons (Fsp3) is 0.200. The molecule has 2 aromatic carbocycles. The summed E-state index contributed by atoms with van der Waals surface area (Å²) in [6, 6.07) is 16.2. The lowest BCUT2D eigenvalue weighted by molar-refractivity contribution is 0.600. The van der Waals surface area contributed by atoms with Crippen LogP contribution in [0.15, 0.2) is 59.7 Å². The zero-order valence-electron chi connectivity index (χ0n) is 11.2. The van der Waals surface area contributed by atoms with Gasteiger partial charge in [-0.3, -0.25) is 0 Å². The van der Waals surface area contributed by atoms with Crippen LogP contribution >= 0.6 is 0 Å². The van der Waals surface area contributed by atoms with Gasteiger partial charge in [0, 0.05) is 6.26 Å². The van der Waals surface area contributed by atoms with Crippen LogP contribution in [0.5, 0.6) is 0 Å². The number of sulfone groups is 1. The van der Waals surface area contributed by atoms with Crippen LogP contribution < -0.4 is 0 Å². The van der Waals surface area contributed by atoms with E-state index in [2.05, 4.69) is 5.11 Å². The average molecular weight is 288 g/mol. The highest BCUT2D eigenvalue weighted by atomic mass is 32.2. The summed E-state index contributed by atoms with van der Waals surface area (Å²) in [4.78, 5) is 0. The van der Waals surface area contributed by atoms with Crippen molar-refractivity contribution in [2.45, 2.75) is 11.8 Å². The van der Waals surface area contributed by atoms with E-state index in [0.717, 1.165) is 11.1 Å². The van der Waals surface area contributed by atoms with E-state index in [0.29, 0.717) is 5.56 Å². The Kier molecular flexibility index (Phi) is 4.29. The number of hydrogen-bond acceptors (Lipinski definition) is 4. The first-order chi connectivity index (χ1) is 9.51. The first-order valence-corrected chi connectivity index (χ1v) is 8.24. The minimum atomic E-state index is -3.13. The lowest BCUT2D eigenvalue weighted by Gasteiger charge is -2.15. The molecule has 4 nitrogen and oxygen atoms in total. The summed E-state index contributed by atoms with van der Waals surface area (Å²) in [6.45, 7) is 0. The van der Waals surface area contributed by atoms with Crippen molar-refractivity contribution < 1.29 is 8.42 Å². The van der Waals surface area contributed by atoms with Crippen molar-refractivity contribution in [2.24, 2.45) is 5.11 Å². The van der Waals surface area contributed by atoms with Crippen LogP contribution in [0.4, 0.5) is 0 Å². The van der Waals surface area contributed by atoms with E-state index in [1.54, 1.807) is 12.1 Å². The predicted molar refractivity (Wildman–Crippen MR) is 78.4 cm³/mol. The second kappa shape index (κ2) is 5.96. The average Bonchev–Trinajstić information content (AvgIpc) is 2.41. The molecule has 0 bridgehead atoms. The van der Waals surface area contributed by atoms with Gasteiger partial charge in [0.25, 0.3) is 0 Å². The van der Waals surface area contributed by atoms with Crippen molar-refractivity contribution in [1.29, 1.82) is 5.53 Å². The smallest absolute Gasteiger partial charge is 0.151 e. The minimum Gasteiger partial charge on any atom is -0.229 e. The van der Waals surface area contributed by atoms with Gasteiger partial charge in [0.15, 0.2) is 9.84 Å². The van der Waals surface area contributed by atoms with Crippen molar-refractivity contribution in [3.05, 3.63) is 71.3 Å². The summed E-state index contributed by atoms with van der Waals surface area (Å²) >= 11 is 0. The minimum absolute atomic E-state index is 0.0397. The van der Waals surface area contributed by atoms with E-state index in [-0.39, 0.29) is 5.75 Å². The highest BCUT2D eigenvalue weighted by Crippen LogP contribution is 2.29. The number of rotatable bonds is 5. The Morgan fingerprint density at radius 3 is 2.25 bits per heavy atom. The van der Waals surface area contributed by atoms with Crippen LogP contribution in [0.2, 0.25) is 0 Å². The zero-order valence-corrected chi connectivity index (χ0v) is 12.0. The molecule has 0 heterocycles. The Morgan fingerprint density at radius 1 is 1.05 bits per heavy atom. The van der Waals surface area contributed by atoms with Gasteiger partial charge in [-0.1, -0.05) is 54.6 Å². The summed E-state index contributed by atoms with van der Waals surface area (Å²) in [5.74, 6) is -0.0397. The topological polar surface area (TPSA) is 70.3 Å². The van der Waals surface area contributed by atoms with Gasteiger partial charge in [0.2, 0.25) is 0 Å². The maximum atomic E-state index is 11.5. The van der Waals surface area contributed by atoms with Crippen LogP contribution in [-0.2, 0) is 15.6 Å². The summed E-state index contributed by atoms with van der Waals surface area (Å²) in [6.07, 6.45) is 1.21. The highest BCUT2D eigenvalue weighted by Gasteiger charge is 2.18. The molecule has 0 saturated heterocycles. The maximum Gasteiger partial charge on any atom is 0.151 e. The molecule has 5 heteroatoms. The molecule has 0 radical (unpaired) electrons. The molecule has 0 spiro atoms. The molecule has 1 atom stereocenters. The Labute approximate surface area is 118 Å². The van der Waals surface area contributed by atoms with E-state index in [1.165, 1.54) is 6.26 Å². The van der Waals surface area contributed by atoms with Crippen molar-refractivity contribution in [1.82, 2.24) is 0 Å². The first-order valence-electron chi connectivity index (χ1n) is 6.18. The third-order valence-electron chi connectivity index (χ3n) is 3.01. The third kappa shape index (κ3) is 3.51. The predicted octanol–water partition coefficient (Wildman–Crippen LogP) is 3.35. The number of nitrogens with zero attached hydrogens (tertiary/aromatic N) is 1. The molecule has 1 unspecified atom stereocenters. The molecule has 0 aliphatic carbocycles. The van der Waals surface area contributed by atoms with E-state index < -0.39 is 15.9 Å². The molecule has 20 heavy (non-hydrogen) atoms. The molecule has 1 N–H and O–H groups in total. The van der Waals surface area contributed by atoms with Crippen molar-refractivity contribution in [2.75, 3.05) is 6.26 Å². The Morgan fingerprint density at radius 2 is 1.65 bits per heavy atom. The first kappa shape index (κ1) is 14.4. The maximum absolute atomic E-state index is 11.5. The zero-order chi connectivity index (χ0) is 14.6. The molecular weight excluding hydrogens is 272 g/mol. The van der Waals surface area contributed by atoms with Gasteiger partial charge >= 0.3 is 0 Å². The SMILES string of the molecule is CS(=O)(=O)Cc1ccccc1C(N=N)c1ccccc1. The molecular formula is C15H16N2O2S. The lowest BCUT2D eigenvalue weighted by atomic mass is 9.96. The van der Waals surface area contributed by atoms with Gasteiger partial charge in [-0.15, -0.1) is 0 Å². The molecule has 0 aromatic heterocycles. The fourth-order valence-corrected chi connectivity index (χ4v) is 3.00. The van der Waals surface area contributed by atoms with Gasteiger partial charge < -0.3 is 0 Å². The summed E-state index contributed by atoms with van der Waals surface area (Å²) < 4.78 is 23.0. The van der Waals surface area contributed by atoms with E-state index in [4.69, 9.17) is 5.53 Å². The van der Waals surface area contributed by atoms with Gasteiger partial charge in [-0.25, -0.2) is 13.9 Å². The monoisotopic (exact) mass is 288 g/mol. The van der Waals surface area contributed by atoms with Gasteiger partial charge in [-0.05, 0) is 16.7 Å². The molecule has 2 aromatic rings. The van der Waals surface area contributed by atoms with Gasteiger partial charge in [0.05, 0.1) is 5.75 Å². The van der Waals surface area contributed by atoms with Crippen LogP contribution in [0.3, 0.4) is 0 Å². The molecule has 2 rings (SSSR count). The third-order valence-corrected chi connectivity index (χ3v) is 3.85. The standard InChI is InChI=1S/C15H16N2O2S/c1-20(18,19)11-13-9-5-6-10-14(13)15(17-16)12-7-3-2-4-8-12/h2-10,15-16H,11H2,1H3. The van der Waals surface area contributed by atoms with Crippen LogP contribution in [0, 0.1) is 5.53 Å². The normalized spacial score (nSPS) is 12.8. The molecule has 0 amide bonds. The number of nitrogens with one attached hydrogen (secondary N) is 1. The molecule has 0 saturated carbocycles. The fourth-order valence-electron chi connectivity index (χ4n) is 2.17. The summed E-state index contributed by atoms with van der Waals surface area (Å²) in [5.41, 5.74) is 9.77. The number of benzene rings is 2. The highest BCUT2D eigenvalue weighted by molar-refractivity contribution is 7.89. The molecule has 0 aliphatic heterocycles. The van der Waals surface area contributed by atoms with Crippen molar-refractivity contribution >= 4 is 9.84 Å². The van der Waals surface area contributed by atoms with Gasteiger partial charge in [0.1, 0.15) is 6.04 Å². The quantitative estimate of drug-likeness (QED) is 0.857. The van der Waals surface area contributed by atoms with E-state index in [9.17, 15) is 8.42 Å². The van der Waals surface area contributed by atoms with Crippen LogP contribution in [-0.4, -0.2) is 14.7 Å².